The molecule has 0 radical (unpaired) electrons. The zero-order chi connectivity index (χ0) is 14.0. The minimum atomic E-state index is -1.10. The normalized spacial score (nSPS) is 22.2. The van der Waals surface area contributed by atoms with E-state index in [1.54, 1.807) is 32.1 Å². The van der Waals surface area contributed by atoms with Gasteiger partial charge in [-0.25, -0.2) is 0 Å². The summed E-state index contributed by atoms with van der Waals surface area (Å²) in [5.41, 5.74) is -0.699. The number of aromatic amines is 1. The Morgan fingerprint density at radius 3 is 2.79 bits per heavy atom. The van der Waals surface area contributed by atoms with E-state index in [0.29, 0.717) is 11.4 Å². The van der Waals surface area contributed by atoms with Gasteiger partial charge in [0.25, 0.3) is 5.56 Å². The van der Waals surface area contributed by atoms with Crippen LogP contribution >= 0.6 is 0 Å². The number of fused-ring (bicyclic) bond motifs is 1. The van der Waals surface area contributed by atoms with E-state index in [1.165, 1.54) is 0 Å². The van der Waals surface area contributed by atoms with Gasteiger partial charge in [0.1, 0.15) is 11.3 Å². The Morgan fingerprint density at radius 1 is 1.37 bits per heavy atom. The first-order valence-electron chi connectivity index (χ1n) is 6.30. The van der Waals surface area contributed by atoms with Crippen molar-refractivity contribution in [3.8, 4) is 5.75 Å². The van der Waals surface area contributed by atoms with Crippen molar-refractivity contribution in [1.29, 1.82) is 0 Å². The highest BCUT2D eigenvalue weighted by Gasteiger charge is 2.43. The second-order valence-electron chi connectivity index (χ2n) is 4.75. The number of hydrogen-bond donors (Lipinski definition) is 1. The van der Waals surface area contributed by atoms with E-state index in [0.717, 1.165) is 6.42 Å². The third-order valence-corrected chi connectivity index (χ3v) is 3.03. The van der Waals surface area contributed by atoms with Gasteiger partial charge < -0.3 is 9.72 Å². The van der Waals surface area contributed by atoms with Crippen LogP contribution < -0.4 is 10.3 Å². The topological polar surface area (TPSA) is 59.2 Å². The van der Waals surface area contributed by atoms with Crippen molar-refractivity contribution in [2.24, 2.45) is 0 Å². The van der Waals surface area contributed by atoms with Gasteiger partial charge >= 0.3 is 0 Å². The molecule has 4 nitrogen and oxygen atoms in total. The smallest absolute Gasteiger partial charge is 0.263 e. The minimum absolute atomic E-state index is 0.109. The fourth-order valence-corrected chi connectivity index (χ4v) is 2.04. The van der Waals surface area contributed by atoms with E-state index < -0.39 is 5.60 Å². The van der Waals surface area contributed by atoms with E-state index in [-0.39, 0.29) is 16.9 Å². The molecule has 1 aliphatic rings. The predicted octanol–water partition coefficient (Wildman–Crippen LogP) is 2.54. The molecule has 0 saturated carbocycles. The summed E-state index contributed by atoms with van der Waals surface area (Å²) in [6.07, 6.45) is 8.21. The van der Waals surface area contributed by atoms with Crippen LogP contribution in [0.15, 0.2) is 35.2 Å². The highest BCUT2D eigenvalue weighted by molar-refractivity contribution is 6.08. The number of aryl methyl sites for hydroxylation is 1. The molecule has 1 atom stereocenters. The summed E-state index contributed by atoms with van der Waals surface area (Å²) in [7, 11) is 0. The van der Waals surface area contributed by atoms with Gasteiger partial charge in [-0.1, -0.05) is 25.2 Å². The highest BCUT2D eigenvalue weighted by atomic mass is 16.5. The number of carbonyl (C=O) groups excluding carboxylic acids is 1. The highest BCUT2D eigenvalue weighted by Crippen LogP contribution is 2.33. The van der Waals surface area contributed by atoms with Crippen molar-refractivity contribution in [2.75, 3.05) is 0 Å². The zero-order valence-electron chi connectivity index (χ0n) is 11.3. The van der Waals surface area contributed by atoms with Crippen LogP contribution in [-0.2, 0) is 0 Å². The van der Waals surface area contributed by atoms with Gasteiger partial charge in [-0.15, -0.1) is 0 Å². The number of Topliss-reactive ketones (excluding diaryl/α,β-unsaturated/α-hetero) is 1. The van der Waals surface area contributed by atoms with E-state index in [2.05, 4.69) is 4.98 Å². The van der Waals surface area contributed by atoms with Gasteiger partial charge in [0.15, 0.2) is 5.60 Å². The van der Waals surface area contributed by atoms with E-state index >= 15 is 0 Å². The Bertz CT molecular complexity index is 625. The number of carbonyl (C=O) groups is 1. The molecule has 4 heteroatoms. The van der Waals surface area contributed by atoms with Crippen LogP contribution in [0.5, 0.6) is 5.75 Å². The summed E-state index contributed by atoms with van der Waals surface area (Å²) in [6, 6.07) is 1.68. The molecule has 0 saturated heterocycles. The molecule has 1 N–H and O–H groups in total. The van der Waals surface area contributed by atoms with Crippen molar-refractivity contribution < 1.29 is 9.53 Å². The molecule has 0 spiro atoms. The molecule has 100 valence electrons. The fraction of sp³-hybridized carbons (Fsp3) is 0.333. The molecule has 0 fully saturated rings. The molecular formula is C15H17NO3. The number of aromatic nitrogens is 1. The first-order chi connectivity index (χ1) is 8.98. The lowest BCUT2D eigenvalue weighted by Crippen LogP contribution is -2.35. The lowest BCUT2D eigenvalue weighted by atomic mass is 9.97. The lowest BCUT2D eigenvalue weighted by molar-refractivity contribution is 0.0754. The Labute approximate surface area is 111 Å². The van der Waals surface area contributed by atoms with Crippen LogP contribution in [0.3, 0.4) is 0 Å². The van der Waals surface area contributed by atoms with E-state index in [1.807, 2.05) is 19.1 Å². The van der Waals surface area contributed by atoms with Crippen LogP contribution in [-0.4, -0.2) is 16.4 Å². The van der Waals surface area contributed by atoms with Gasteiger partial charge in [-0.3, -0.25) is 9.59 Å². The third-order valence-electron chi connectivity index (χ3n) is 3.03. The fourth-order valence-electron chi connectivity index (χ4n) is 2.04. The molecular weight excluding hydrogens is 242 g/mol. The average Bonchev–Trinajstić information content (AvgIpc) is 2.57. The first kappa shape index (κ1) is 13.3. The Kier molecular flexibility index (Phi) is 3.42. The lowest BCUT2D eigenvalue weighted by Gasteiger charge is -2.17. The molecule has 2 rings (SSSR count). The SMILES string of the molecule is CCC=CC=CC1(C)Oc2cc(C)[nH]c(=O)c2C1=O. The average molecular weight is 259 g/mol. The number of allylic oxidation sites excluding steroid dienone is 3. The van der Waals surface area contributed by atoms with E-state index in [4.69, 9.17) is 4.74 Å². The second kappa shape index (κ2) is 4.88. The van der Waals surface area contributed by atoms with Gasteiger partial charge in [-0.05, 0) is 26.3 Å². The number of pyridine rings is 1. The monoisotopic (exact) mass is 259 g/mol. The number of nitrogens with one attached hydrogen (secondary N) is 1. The maximum absolute atomic E-state index is 12.3. The van der Waals surface area contributed by atoms with Crippen LogP contribution in [0.2, 0.25) is 0 Å². The molecule has 2 heterocycles. The summed E-state index contributed by atoms with van der Waals surface area (Å²) in [5, 5.41) is 0. The van der Waals surface area contributed by atoms with Crippen molar-refractivity contribution in [1.82, 2.24) is 4.98 Å². The number of hydrogen-bond acceptors (Lipinski definition) is 3. The first-order valence-corrected chi connectivity index (χ1v) is 6.30. The van der Waals surface area contributed by atoms with Crippen molar-refractivity contribution >= 4 is 5.78 Å². The molecule has 1 aliphatic heterocycles. The Balaban J connectivity index is 2.37. The molecule has 0 amide bonds. The quantitative estimate of drug-likeness (QED) is 0.849. The second-order valence-corrected chi connectivity index (χ2v) is 4.75. The predicted molar refractivity (Wildman–Crippen MR) is 73.7 cm³/mol. The largest absolute Gasteiger partial charge is 0.474 e. The summed E-state index contributed by atoms with van der Waals surface area (Å²) >= 11 is 0. The number of H-pyrrole nitrogens is 1. The maximum Gasteiger partial charge on any atom is 0.263 e. The van der Waals surface area contributed by atoms with Crippen molar-refractivity contribution in [2.45, 2.75) is 32.8 Å². The Hall–Kier alpha value is -2.10. The number of ketones is 1. The van der Waals surface area contributed by atoms with Crippen LogP contribution in [0.1, 0.15) is 36.3 Å². The third kappa shape index (κ3) is 2.38. The van der Waals surface area contributed by atoms with Crippen LogP contribution in [0.25, 0.3) is 0 Å². The van der Waals surface area contributed by atoms with Gasteiger partial charge in [-0.2, -0.15) is 0 Å². The molecule has 1 unspecified atom stereocenters. The van der Waals surface area contributed by atoms with E-state index in [9.17, 15) is 9.59 Å². The molecule has 0 aromatic carbocycles. The van der Waals surface area contributed by atoms with Crippen LogP contribution in [0.4, 0.5) is 0 Å². The Morgan fingerprint density at radius 2 is 2.11 bits per heavy atom. The summed E-state index contributed by atoms with van der Waals surface area (Å²) < 4.78 is 5.66. The van der Waals surface area contributed by atoms with Crippen molar-refractivity contribution in [3.05, 3.63) is 52.0 Å². The standard InChI is InChI=1S/C15H17NO3/c1-4-5-6-7-8-15(3)13(17)12-11(19-15)9-10(2)16-14(12)18/h5-9H,4H2,1-3H3,(H,16,18). The van der Waals surface area contributed by atoms with Gasteiger partial charge in [0, 0.05) is 11.8 Å². The maximum atomic E-state index is 12.3. The zero-order valence-corrected chi connectivity index (χ0v) is 11.3. The molecule has 0 bridgehead atoms. The number of ether oxygens (including phenoxy) is 1. The molecule has 1 aromatic rings. The molecule has 19 heavy (non-hydrogen) atoms. The summed E-state index contributed by atoms with van der Waals surface area (Å²) in [5.74, 6) is 0.0581. The van der Waals surface area contributed by atoms with Crippen LogP contribution in [0, 0.1) is 6.92 Å². The van der Waals surface area contributed by atoms with Crippen molar-refractivity contribution in [3.63, 3.8) is 0 Å². The summed E-state index contributed by atoms with van der Waals surface area (Å²) in [4.78, 5) is 26.7. The molecule has 0 aliphatic carbocycles. The number of rotatable bonds is 3. The van der Waals surface area contributed by atoms with Gasteiger partial charge in [0.2, 0.25) is 5.78 Å². The summed E-state index contributed by atoms with van der Waals surface area (Å²) in [6.45, 7) is 5.45. The minimum Gasteiger partial charge on any atom is -0.474 e. The molecule has 1 aromatic heterocycles. The van der Waals surface area contributed by atoms with Gasteiger partial charge in [0.05, 0.1) is 0 Å².